The number of carbonyl (C=O) groups excluding carboxylic acids is 2. The van der Waals surface area contributed by atoms with Crippen LogP contribution in [-0.2, 0) is 9.53 Å². The van der Waals surface area contributed by atoms with Gasteiger partial charge in [0.25, 0.3) is 5.91 Å². The third-order valence-corrected chi connectivity index (χ3v) is 4.66. The zero-order valence-electron chi connectivity index (χ0n) is 17.8. The fourth-order valence-corrected chi connectivity index (χ4v) is 3.25. The van der Waals surface area contributed by atoms with Crippen molar-refractivity contribution in [2.75, 3.05) is 19.7 Å². The van der Waals surface area contributed by atoms with Crippen LogP contribution in [0.5, 0.6) is 0 Å². The highest BCUT2D eigenvalue weighted by Crippen LogP contribution is 2.21. The predicted molar refractivity (Wildman–Crippen MR) is 113 cm³/mol. The molecule has 0 radical (unpaired) electrons. The minimum absolute atomic E-state index is 0.000114. The van der Waals surface area contributed by atoms with Crippen LogP contribution in [0.25, 0.3) is 0 Å². The van der Waals surface area contributed by atoms with E-state index in [2.05, 4.69) is 15.4 Å². The lowest BCUT2D eigenvalue weighted by atomic mass is 9.98. The first-order valence-corrected chi connectivity index (χ1v) is 9.97. The molecule has 0 bridgehead atoms. The Labute approximate surface area is 188 Å². The first kappa shape index (κ1) is 25.5. The third-order valence-electron chi connectivity index (χ3n) is 4.37. The first-order valence-electron chi connectivity index (χ1n) is 9.59. The smallest absolute Gasteiger partial charge is 0.345 e. The van der Waals surface area contributed by atoms with Gasteiger partial charge in [-0.2, -0.15) is 8.78 Å². The van der Waals surface area contributed by atoms with E-state index < -0.39 is 42.6 Å². The van der Waals surface area contributed by atoms with Crippen molar-refractivity contribution in [1.29, 1.82) is 5.41 Å². The molecule has 5 N–H and O–H groups in total. The van der Waals surface area contributed by atoms with E-state index in [4.69, 9.17) is 22.7 Å². The van der Waals surface area contributed by atoms with E-state index in [0.717, 1.165) is 12.1 Å². The lowest BCUT2D eigenvalue weighted by Crippen LogP contribution is -2.58. The Balaban J connectivity index is 2.45. The number of nitrogens with zero attached hydrogens (tertiary/aromatic N) is 1. The molecule has 0 saturated carbocycles. The summed E-state index contributed by atoms with van der Waals surface area (Å²) in [6.45, 7) is 1.65. The van der Waals surface area contributed by atoms with Crippen LogP contribution in [0.1, 0.15) is 26.3 Å². The molecule has 0 aromatic heterocycles. The van der Waals surface area contributed by atoms with Crippen molar-refractivity contribution in [1.82, 2.24) is 15.5 Å². The van der Waals surface area contributed by atoms with Crippen LogP contribution in [0, 0.1) is 11.2 Å². The highest BCUT2D eigenvalue weighted by molar-refractivity contribution is 6.32. The normalized spacial score (nSPS) is 18.2. The molecule has 1 unspecified atom stereocenters. The summed E-state index contributed by atoms with van der Waals surface area (Å²) in [7, 11) is 0. The van der Waals surface area contributed by atoms with Crippen molar-refractivity contribution in [2.24, 2.45) is 5.73 Å². The molecule has 32 heavy (non-hydrogen) atoms. The minimum Gasteiger partial charge on any atom is -0.379 e. The molecule has 1 aromatic carbocycles. The van der Waals surface area contributed by atoms with Crippen molar-refractivity contribution >= 4 is 29.3 Å². The van der Waals surface area contributed by atoms with Crippen molar-refractivity contribution in [2.45, 2.75) is 39.0 Å². The number of nitrogens with one attached hydrogen (secondary N) is 3. The van der Waals surface area contributed by atoms with Gasteiger partial charge in [-0.1, -0.05) is 11.6 Å². The van der Waals surface area contributed by atoms with E-state index in [1.807, 2.05) is 0 Å². The second-order valence-electron chi connectivity index (χ2n) is 8.22. The van der Waals surface area contributed by atoms with Crippen molar-refractivity contribution < 1.29 is 27.5 Å². The number of rotatable bonds is 6. The number of benzene rings is 1. The molecule has 1 fully saturated rings. The summed E-state index contributed by atoms with van der Waals surface area (Å²) in [6.07, 6.45) is 0. The van der Waals surface area contributed by atoms with Gasteiger partial charge in [0.15, 0.2) is 0 Å². The quantitative estimate of drug-likeness (QED) is 0.373. The number of amides is 3. The topological polar surface area (TPSA) is 121 Å². The fraction of sp³-hybridized carbons (Fsp3) is 0.450. The largest absolute Gasteiger partial charge is 0.379 e. The van der Waals surface area contributed by atoms with E-state index in [1.165, 1.54) is 11.0 Å². The van der Waals surface area contributed by atoms with Gasteiger partial charge in [-0.15, -0.1) is 0 Å². The molecule has 1 aliphatic rings. The van der Waals surface area contributed by atoms with Crippen LogP contribution in [0.2, 0.25) is 5.02 Å². The van der Waals surface area contributed by atoms with Crippen LogP contribution in [0.4, 0.5) is 18.0 Å². The molecule has 0 aliphatic carbocycles. The number of primary amides is 1. The van der Waals surface area contributed by atoms with Gasteiger partial charge in [-0.25, -0.2) is 9.18 Å². The number of alkyl halides is 2. The number of halogens is 4. The van der Waals surface area contributed by atoms with Gasteiger partial charge >= 0.3 is 12.6 Å². The van der Waals surface area contributed by atoms with Crippen LogP contribution >= 0.6 is 11.6 Å². The van der Waals surface area contributed by atoms with Gasteiger partial charge in [0, 0.05) is 23.3 Å². The van der Waals surface area contributed by atoms with Gasteiger partial charge in [-0.05, 0) is 39.0 Å². The van der Waals surface area contributed by atoms with Crippen molar-refractivity contribution in [3.63, 3.8) is 0 Å². The summed E-state index contributed by atoms with van der Waals surface area (Å²) in [5.41, 5.74) is 4.45. The van der Waals surface area contributed by atoms with E-state index in [-0.39, 0.29) is 40.7 Å². The number of carbonyl (C=O) groups is 2. The average Bonchev–Trinajstić information content (AvgIpc) is 2.66. The van der Waals surface area contributed by atoms with Gasteiger partial charge in [-0.3, -0.25) is 10.2 Å². The third kappa shape index (κ3) is 6.86. The maximum atomic E-state index is 13.5. The molecule has 1 saturated heterocycles. The van der Waals surface area contributed by atoms with E-state index in [9.17, 15) is 22.8 Å². The number of hydrogen-bond acceptors (Lipinski definition) is 5. The average molecular weight is 476 g/mol. The Morgan fingerprint density at radius 2 is 2.06 bits per heavy atom. The second-order valence-corrected chi connectivity index (χ2v) is 8.62. The molecule has 1 aliphatic heterocycles. The second kappa shape index (κ2) is 10.2. The highest BCUT2D eigenvalue weighted by atomic mass is 35.5. The molecule has 3 amide bonds. The summed E-state index contributed by atoms with van der Waals surface area (Å²) in [4.78, 5) is 26.2. The van der Waals surface area contributed by atoms with E-state index >= 15 is 0 Å². The lowest BCUT2D eigenvalue weighted by Gasteiger charge is -2.38. The molecule has 1 aromatic rings. The van der Waals surface area contributed by atoms with Gasteiger partial charge in [0.1, 0.15) is 5.82 Å². The van der Waals surface area contributed by atoms with Crippen LogP contribution < -0.4 is 16.4 Å². The number of urea groups is 1. The Bertz CT molecular complexity index is 934. The molecule has 0 spiro atoms. The summed E-state index contributed by atoms with van der Waals surface area (Å²) >= 11 is 5.78. The van der Waals surface area contributed by atoms with E-state index in [0.29, 0.717) is 0 Å². The fourth-order valence-electron chi connectivity index (χ4n) is 3.07. The Kier molecular flexibility index (Phi) is 8.13. The van der Waals surface area contributed by atoms with Gasteiger partial charge < -0.3 is 26.0 Å². The predicted octanol–water partition coefficient (Wildman–Crippen LogP) is 2.61. The van der Waals surface area contributed by atoms with Crippen LogP contribution in [0.3, 0.4) is 0 Å². The zero-order chi connectivity index (χ0) is 24.2. The van der Waals surface area contributed by atoms with Crippen LogP contribution in [-0.4, -0.2) is 60.4 Å². The minimum atomic E-state index is -3.03. The molecular weight excluding hydrogens is 451 g/mol. The molecule has 176 valence electrons. The number of piperazine rings is 1. The monoisotopic (exact) mass is 475 g/mol. The summed E-state index contributed by atoms with van der Waals surface area (Å²) in [5.74, 6) is -1.70. The zero-order valence-corrected chi connectivity index (χ0v) is 18.5. The summed E-state index contributed by atoms with van der Waals surface area (Å²) in [6, 6.07) is 2.13. The van der Waals surface area contributed by atoms with Gasteiger partial charge in [0.05, 0.1) is 35.5 Å². The van der Waals surface area contributed by atoms with Gasteiger partial charge in [0.2, 0.25) is 0 Å². The van der Waals surface area contributed by atoms with Crippen molar-refractivity contribution in [3.05, 3.63) is 45.9 Å². The number of nitrogens with two attached hydrogens (primary N) is 1. The maximum Gasteiger partial charge on any atom is 0.345 e. The van der Waals surface area contributed by atoms with Crippen LogP contribution in [0.15, 0.2) is 29.5 Å². The standard InChI is InChI=1S/C20H25ClF3N5O3/c1-20(2,3)28-19(31)29-7-11(9-32-18(23)24)27-14(8-29)15(17(26)30)16(25)10-4-5-13(22)12(21)6-10/h4-6,11,18,25,27H,7-9H2,1-3H3,(H2,26,30)(H,28,31)/b15-14+,25-16?. The molecule has 12 heteroatoms. The van der Waals surface area contributed by atoms with Crippen molar-refractivity contribution in [3.8, 4) is 0 Å². The number of hydrogen-bond donors (Lipinski definition) is 4. The Hall–Kier alpha value is -2.79. The highest BCUT2D eigenvalue weighted by Gasteiger charge is 2.32. The Morgan fingerprint density at radius 3 is 2.59 bits per heavy atom. The molecule has 1 heterocycles. The molecule has 1 atom stereocenters. The summed E-state index contributed by atoms with van der Waals surface area (Å²) < 4.78 is 43.0. The summed E-state index contributed by atoms with van der Waals surface area (Å²) in [5, 5.41) is 13.8. The maximum absolute atomic E-state index is 13.5. The molecule has 2 rings (SSSR count). The SMILES string of the molecule is CC(C)(C)NC(=O)N1C/C(=C(/C(=N)c2ccc(F)c(Cl)c2)C(N)=O)NC(COC(F)F)C1. The number of ether oxygens (including phenoxy) is 1. The molecule has 8 nitrogen and oxygen atoms in total. The molecular formula is C20H25ClF3N5O3. The Morgan fingerprint density at radius 1 is 1.41 bits per heavy atom. The van der Waals surface area contributed by atoms with E-state index in [1.54, 1.807) is 20.8 Å². The first-order chi connectivity index (χ1) is 14.8. The lowest BCUT2D eigenvalue weighted by molar-refractivity contribution is -0.134.